The number of halogens is 2. The van der Waals surface area contributed by atoms with Crippen LogP contribution < -0.4 is 5.43 Å². The van der Waals surface area contributed by atoms with E-state index in [2.05, 4.69) is 19.9 Å². The fourth-order valence-electron chi connectivity index (χ4n) is 7.45. The molecule has 2 aliphatic rings. The first-order valence-corrected chi connectivity index (χ1v) is 18.3. The number of fused-ring (bicyclic) bond motifs is 4. The summed E-state index contributed by atoms with van der Waals surface area (Å²) in [5.74, 6) is 0.903. The summed E-state index contributed by atoms with van der Waals surface area (Å²) in [7, 11) is 0. The molecule has 0 aliphatic carbocycles. The monoisotopic (exact) mass is 752 g/mol. The second-order valence-corrected chi connectivity index (χ2v) is 16.3. The summed E-state index contributed by atoms with van der Waals surface area (Å²) >= 11 is 0. The third-order valence-corrected chi connectivity index (χ3v) is 9.86. The third-order valence-electron chi connectivity index (χ3n) is 9.86. The van der Waals surface area contributed by atoms with Crippen molar-refractivity contribution in [3.8, 4) is 22.5 Å². The molecule has 2 aliphatic heterocycles. The second kappa shape index (κ2) is 13.2. The van der Waals surface area contributed by atoms with E-state index >= 15 is 0 Å². The summed E-state index contributed by atoms with van der Waals surface area (Å²) in [5.41, 5.74) is 1.97. The van der Waals surface area contributed by atoms with Crippen molar-refractivity contribution in [1.82, 2.24) is 29.7 Å². The smallest absolute Gasteiger partial charge is 0.411 e. The van der Waals surface area contributed by atoms with E-state index < -0.39 is 47.8 Å². The Bertz CT molecular complexity index is 2530. The largest absolute Gasteiger partial charge is 0.456 e. The van der Waals surface area contributed by atoms with Gasteiger partial charge in [0.25, 0.3) is 0 Å². The van der Waals surface area contributed by atoms with E-state index in [9.17, 15) is 23.2 Å². The Morgan fingerprint density at radius 1 is 0.727 bits per heavy atom. The minimum atomic E-state index is -1.21. The van der Waals surface area contributed by atoms with Crippen LogP contribution in [0.5, 0.6) is 0 Å². The molecular formula is C41H42F2N6O6. The lowest BCUT2D eigenvalue weighted by atomic mass is 10.0. The van der Waals surface area contributed by atoms with E-state index in [-0.39, 0.29) is 31.4 Å². The number of alkyl halides is 2. The van der Waals surface area contributed by atoms with Gasteiger partial charge >= 0.3 is 12.2 Å². The van der Waals surface area contributed by atoms with Gasteiger partial charge in [0.1, 0.15) is 46.4 Å². The molecule has 0 bridgehead atoms. The van der Waals surface area contributed by atoms with Gasteiger partial charge in [-0.15, -0.1) is 0 Å². The van der Waals surface area contributed by atoms with Crippen LogP contribution in [0, 0.1) is 0 Å². The number of likely N-dealkylation sites (tertiary alicyclic amines) is 2. The van der Waals surface area contributed by atoms with E-state index in [0.717, 1.165) is 10.9 Å². The first kappa shape index (κ1) is 36.2. The van der Waals surface area contributed by atoms with Crippen molar-refractivity contribution in [2.75, 3.05) is 13.1 Å². The first-order valence-electron chi connectivity index (χ1n) is 18.3. The van der Waals surface area contributed by atoms with Gasteiger partial charge in [0.2, 0.25) is 5.43 Å². The van der Waals surface area contributed by atoms with Crippen LogP contribution in [0.2, 0.25) is 0 Å². The molecule has 0 unspecified atom stereocenters. The lowest BCUT2D eigenvalue weighted by Gasteiger charge is -2.27. The molecule has 3 aromatic carbocycles. The predicted molar refractivity (Wildman–Crippen MR) is 203 cm³/mol. The van der Waals surface area contributed by atoms with Crippen LogP contribution in [0.15, 0.2) is 70.1 Å². The molecule has 2 amide bonds. The normalized spacial score (nSPS) is 20.6. The van der Waals surface area contributed by atoms with Gasteiger partial charge in [-0.25, -0.2) is 28.3 Å². The predicted octanol–water partition coefficient (Wildman–Crippen LogP) is 8.92. The highest BCUT2D eigenvalue weighted by atomic mass is 19.1. The molecule has 6 aromatic rings. The molecule has 8 rings (SSSR count). The van der Waals surface area contributed by atoms with Crippen LogP contribution in [0.1, 0.15) is 78.1 Å². The lowest BCUT2D eigenvalue weighted by molar-refractivity contribution is 0.0201. The van der Waals surface area contributed by atoms with Crippen molar-refractivity contribution in [1.29, 1.82) is 0 Å². The molecule has 286 valence electrons. The lowest BCUT2D eigenvalue weighted by Crippen LogP contribution is -2.37. The zero-order chi connectivity index (χ0) is 39.0. The number of imidazole rings is 2. The van der Waals surface area contributed by atoms with Gasteiger partial charge in [0, 0.05) is 24.0 Å². The van der Waals surface area contributed by atoms with Crippen molar-refractivity contribution in [2.24, 2.45) is 0 Å². The van der Waals surface area contributed by atoms with Gasteiger partial charge in [0.15, 0.2) is 0 Å². The van der Waals surface area contributed by atoms with Crippen molar-refractivity contribution in [3.05, 3.63) is 82.8 Å². The molecule has 0 spiro atoms. The van der Waals surface area contributed by atoms with Gasteiger partial charge < -0.3 is 23.9 Å². The molecule has 2 N–H and O–H groups in total. The number of H-pyrrole nitrogens is 2. The van der Waals surface area contributed by atoms with E-state index in [1.807, 2.05) is 24.3 Å². The molecule has 55 heavy (non-hydrogen) atoms. The first-order chi connectivity index (χ1) is 26.0. The SMILES string of the molecule is CC(C)(C)OC(=O)N1C[C@H](F)C[C@H]1c1ncc(-c2ccc3c(ccc4oc5cc(-c6cnc([C@@H]7C[C@@H](F)CN7C(=O)OC(C)(C)C)[nH]6)ccc5c(=O)c43)c2)[nH]1. The molecular weight excluding hydrogens is 710 g/mol. The number of hydrogen-bond acceptors (Lipinski definition) is 8. The van der Waals surface area contributed by atoms with E-state index in [1.54, 1.807) is 78.2 Å². The molecule has 0 radical (unpaired) electrons. The zero-order valence-corrected chi connectivity index (χ0v) is 31.4. The van der Waals surface area contributed by atoms with Crippen LogP contribution in [-0.4, -0.2) is 78.6 Å². The summed E-state index contributed by atoms with van der Waals surface area (Å²) in [5, 5.41) is 2.35. The maximum Gasteiger partial charge on any atom is 0.411 e. The number of rotatable bonds is 4. The van der Waals surface area contributed by atoms with Crippen LogP contribution in [0.3, 0.4) is 0 Å². The number of carbonyl (C=O) groups excluding carboxylic acids is 2. The fourth-order valence-corrected chi connectivity index (χ4v) is 7.45. The van der Waals surface area contributed by atoms with E-state index in [4.69, 9.17) is 13.9 Å². The van der Waals surface area contributed by atoms with Gasteiger partial charge in [-0.3, -0.25) is 14.6 Å². The maximum atomic E-state index is 14.5. The van der Waals surface area contributed by atoms with Crippen LogP contribution in [-0.2, 0) is 9.47 Å². The van der Waals surface area contributed by atoms with Crippen LogP contribution in [0.25, 0.3) is 55.2 Å². The number of benzene rings is 3. The molecule has 0 saturated carbocycles. The minimum Gasteiger partial charge on any atom is -0.456 e. The molecule has 2 fully saturated rings. The van der Waals surface area contributed by atoms with Crippen molar-refractivity contribution < 1.29 is 32.3 Å². The summed E-state index contributed by atoms with van der Waals surface area (Å²) < 4.78 is 46.4. The number of aromatic nitrogens is 4. The highest BCUT2D eigenvalue weighted by Gasteiger charge is 2.41. The summed E-state index contributed by atoms with van der Waals surface area (Å²) in [6, 6.07) is 13.4. The Labute approximate surface area is 314 Å². The Balaban J connectivity index is 1.06. The average molecular weight is 753 g/mol. The van der Waals surface area contributed by atoms with E-state index in [0.29, 0.717) is 55.9 Å². The van der Waals surface area contributed by atoms with E-state index in [1.165, 1.54) is 9.80 Å². The van der Waals surface area contributed by atoms with Crippen LogP contribution in [0.4, 0.5) is 18.4 Å². The van der Waals surface area contributed by atoms with Crippen LogP contribution >= 0.6 is 0 Å². The third kappa shape index (κ3) is 7.01. The average Bonchev–Trinajstić information content (AvgIpc) is 3.92. The quantitative estimate of drug-likeness (QED) is 0.134. The highest BCUT2D eigenvalue weighted by Crippen LogP contribution is 2.37. The number of amides is 2. The second-order valence-electron chi connectivity index (χ2n) is 16.3. The van der Waals surface area contributed by atoms with Crippen molar-refractivity contribution in [2.45, 2.75) is 90.0 Å². The highest BCUT2D eigenvalue weighted by molar-refractivity contribution is 6.09. The standard InChI is InChI=1S/C41H42F2N6O6/c1-40(2,3)54-38(51)48-19-24(42)15-30(48)36-44-17-28(46-36)22-7-10-26-21(13-22)9-12-32-34(26)35(50)27-11-8-23(14-33(27)53-32)29-18-45-37(47-29)31-16-25(43)20-49(31)39(52)55-41(4,5)6/h7-14,17-18,24-25,30-31H,15-16,19-20H2,1-6H3,(H,44,46)(H,45,47)/t24-,25-,30+,31+/m1/s1. The Hall–Kier alpha value is -5.79. The van der Waals surface area contributed by atoms with Gasteiger partial charge in [0.05, 0.1) is 59.7 Å². The van der Waals surface area contributed by atoms with Gasteiger partial charge in [-0.05, 0) is 76.6 Å². The Morgan fingerprint density at radius 3 is 1.76 bits per heavy atom. The molecule has 5 heterocycles. The number of carbonyl (C=O) groups is 2. The van der Waals surface area contributed by atoms with Gasteiger partial charge in [-0.1, -0.05) is 24.3 Å². The number of ether oxygens (including phenoxy) is 2. The Morgan fingerprint density at radius 2 is 1.24 bits per heavy atom. The number of nitrogens with one attached hydrogen (secondary N) is 2. The fraction of sp³-hybridized carbons (Fsp3) is 0.390. The maximum absolute atomic E-state index is 14.5. The molecule has 4 atom stereocenters. The van der Waals surface area contributed by atoms with Crippen molar-refractivity contribution >= 4 is 44.9 Å². The molecule has 3 aromatic heterocycles. The molecule has 2 saturated heterocycles. The zero-order valence-electron chi connectivity index (χ0n) is 31.4. The van der Waals surface area contributed by atoms with Gasteiger partial charge in [-0.2, -0.15) is 0 Å². The summed E-state index contributed by atoms with van der Waals surface area (Å²) in [4.78, 5) is 58.0. The minimum absolute atomic E-state index is 0.0695. The summed E-state index contributed by atoms with van der Waals surface area (Å²) in [6.07, 6.45) is -0.109. The Kier molecular flexibility index (Phi) is 8.69. The summed E-state index contributed by atoms with van der Waals surface area (Å²) in [6.45, 7) is 10.4. The number of aromatic amines is 2. The number of nitrogens with zero attached hydrogens (tertiary/aromatic N) is 4. The molecule has 12 nitrogen and oxygen atoms in total. The van der Waals surface area contributed by atoms with Crippen molar-refractivity contribution in [3.63, 3.8) is 0 Å². The number of hydrogen-bond donors (Lipinski definition) is 2. The molecule has 14 heteroatoms. The topological polar surface area (TPSA) is 147 Å².